The lowest BCUT2D eigenvalue weighted by Crippen LogP contribution is -2.70. The van der Waals surface area contributed by atoms with Gasteiger partial charge in [-0.15, -0.1) is 0 Å². The van der Waals surface area contributed by atoms with E-state index in [-0.39, 0.29) is 29.9 Å². The van der Waals surface area contributed by atoms with Crippen molar-refractivity contribution in [2.45, 2.75) is 69.6 Å². The van der Waals surface area contributed by atoms with Crippen LogP contribution in [0.4, 0.5) is 0 Å². The highest BCUT2D eigenvalue weighted by Gasteiger charge is 2.57. The summed E-state index contributed by atoms with van der Waals surface area (Å²) in [5.41, 5.74) is 0. The van der Waals surface area contributed by atoms with Gasteiger partial charge in [0, 0.05) is 19.6 Å². The van der Waals surface area contributed by atoms with E-state index in [9.17, 15) is 10.2 Å². The third-order valence-electron chi connectivity index (χ3n) is 9.98. The fourth-order valence-corrected chi connectivity index (χ4v) is 16.6. The van der Waals surface area contributed by atoms with Gasteiger partial charge in [-0.1, -0.05) is 163 Å². The van der Waals surface area contributed by atoms with Crippen molar-refractivity contribution in [2.75, 3.05) is 26.9 Å². The van der Waals surface area contributed by atoms with Crippen LogP contribution in [0, 0.1) is 5.92 Å². The van der Waals surface area contributed by atoms with Gasteiger partial charge < -0.3 is 28.5 Å². The highest BCUT2D eigenvalue weighted by atomic mass is 28.4. The molecular weight excluding hydrogens is 633 g/mol. The zero-order valence-electron chi connectivity index (χ0n) is 29.4. The van der Waals surface area contributed by atoms with E-state index in [1.165, 1.54) is 7.11 Å². The summed E-state index contributed by atoms with van der Waals surface area (Å²) in [6.45, 7) is 13.5. The van der Waals surface area contributed by atoms with Crippen LogP contribution in [0.5, 0.6) is 0 Å². The quantitative estimate of drug-likeness (QED) is 0.220. The Balaban J connectivity index is 1.44. The normalized spacial score (nSPS) is 22.4. The van der Waals surface area contributed by atoms with E-state index in [1.807, 2.05) is 48.5 Å². The Morgan fingerprint density at radius 3 is 1.31 bits per heavy atom. The Bertz CT molecular complexity index is 1500. The van der Waals surface area contributed by atoms with Gasteiger partial charge >= 0.3 is 0 Å². The molecule has 6 nitrogen and oxygen atoms in total. The molecule has 1 saturated heterocycles. The minimum Gasteiger partial charge on any atom is -0.407 e. The van der Waals surface area contributed by atoms with Crippen LogP contribution < -0.4 is 20.7 Å². The summed E-state index contributed by atoms with van der Waals surface area (Å²) in [6.07, 6.45) is -2.54. The number of aliphatic hydroxyl groups is 2. The fourth-order valence-electron chi connectivity index (χ4n) is 7.43. The molecule has 0 bridgehead atoms. The second kappa shape index (κ2) is 14.5. The molecule has 1 aliphatic rings. The van der Waals surface area contributed by atoms with Gasteiger partial charge in [0.1, 0.15) is 6.10 Å². The minimum atomic E-state index is -2.97. The lowest BCUT2D eigenvalue weighted by Gasteiger charge is -2.50. The zero-order chi connectivity index (χ0) is 34.6. The molecule has 8 heteroatoms. The van der Waals surface area contributed by atoms with Crippen LogP contribution in [0.3, 0.4) is 0 Å². The molecule has 1 fully saturated rings. The fraction of sp³-hybridized carbons (Fsp3) is 0.400. The van der Waals surface area contributed by atoms with Crippen molar-refractivity contribution in [2.24, 2.45) is 5.92 Å². The highest BCUT2D eigenvalue weighted by Crippen LogP contribution is 2.41. The van der Waals surface area contributed by atoms with Crippen molar-refractivity contribution in [3.63, 3.8) is 0 Å². The molecule has 0 radical (unpaired) electrons. The molecular formula is C40H52O6Si2. The largest absolute Gasteiger partial charge is 0.407 e. The van der Waals surface area contributed by atoms with E-state index in [1.54, 1.807) is 0 Å². The van der Waals surface area contributed by atoms with Crippen LogP contribution >= 0.6 is 0 Å². The number of methoxy groups -OCH3 is 1. The first-order chi connectivity index (χ1) is 22.8. The molecule has 0 saturated carbocycles. The Kier molecular flexibility index (Phi) is 11.0. The zero-order valence-corrected chi connectivity index (χ0v) is 31.4. The molecule has 4 atom stereocenters. The van der Waals surface area contributed by atoms with Crippen molar-refractivity contribution >= 4 is 37.4 Å². The molecule has 2 N–H and O–H groups in total. The van der Waals surface area contributed by atoms with E-state index >= 15 is 0 Å². The predicted molar refractivity (Wildman–Crippen MR) is 198 cm³/mol. The van der Waals surface area contributed by atoms with E-state index in [2.05, 4.69) is 114 Å². The molecule has 0 amide bonds. The molecule has 0 aromatic heterocycles. The number of hydrogen-bond donors (Lipinski definition) is 2. The van der Waals surface area contributed by atoms with Crippen molar-refractivity contribution in [3.05, 3.63) is 121 Å². The molecule has 48 heavy (non-hydrogen) atoms. The standard InChI is InChI=1S/C40H52O6Si2/c1-38(2,3)47(32-20-12-8-13-21-32,33-22-14-9-15-23-33)45-29-31-28-44-40(43-7,37(42)36(31)41)30-46-48(39(4,5)6,34-24-16-10-17-25-34)35-26-18-11-19-27-35/h8-27,31,36-37,41-42H,28-30H2,1-7H3/t31-,36-,37+,40-/m1/s1. The Morgan fingerprint density at radius 1 is 0.625 bits per heavy atom. The second-order valence-electron chi connectivity index (χ2n) is 14.9. The number of ether oxygens (including phenoxy) is 2. The van der Waals surface area contributed by atoms with Crippen molar-refractivity contribution < 1.29 is 28.5 Å². The summed E-state index contributed by atoms with van der Waals surface area (Å²) in [7, 11) is -4.33. The maximum Gasteiger partial charge on any atom is 0.261 e. The molecule has 5 rings (SSSR count). The molecule has 0 spiro atoms. The summed E-state index contributed by atoms with van der Waals surface area (Å²) in [5.74, 6) is -2.06. The van der Waals surface area contributed by atoms with Gasteiger partial charge in [-0.25, -0.2) is 0 Å². The van der Waals surface area contributed by atoms with E-state index in [4.69, 9.17) is 18.3 Å². The van der Waals surface area contributed by atoms with Crippen molar-refractivity contribution in [1.82, 2.24) is 0 Å². The molecule has 1 aliphatic heterocycles. The number of rotatable bonds is 11. The number of aliphatic hydroxyl groups excluding tert-OH is 2. The average Bonchev–Trinajstić information content (AvgIpc) is 3.09. The number of hydrogen-bond acceptors (Lipinski definition) is 6. The summed E-state index contributed by atoms with van der Waals surface area (Å²) >= 11 is 0. The first kappa shape index (κ1) is 36.4. The highest BCUT2D eigenvalue weighted by molar-refractivity contribution is 7.00. The molecule has 4 aromatic carbocycles. The van der Waals surface area contributed by atoms with Gasteiger partial charge in [0.15, 0.2) is 0 Å². The second-order valence-corrected chi connectivity index (χ2v) is 23.6. The minimum absolute atomic E-state index is 0.0582. The van der Waals surface area contributed by atoms with Gasteiger partial charge in [-0.05, 0) is 30.8 Å². The van der Waals surface area contributed by atoms with Gasteiger partial charge in [0.25, 0.3) is 16.6 Å². The molecule has 0 unspecified atom stereocenters. The predicted octanol–water partition coefficient (Wildman–Crippen LogP) is 4.85. The summed E-state index contributed by atoms with van der Waals surface area (Å²) < 4.78 is 26.7. The smallest absolute Gasteiger partial charge is 0.261 e. The third kappa shape index (κ3) is 6.65. The maximum absolute atomic E-state index is 11.8. The van der Waals surface area contributed by atoms with Gasteiger partial charge in [-0.3, -0.25) is 0 Å². The van der Waals surface area contributed by atoms with E-state index in [0.717, 1.165) is 20.7 Å². The topological polar surface area (TPSA) is 77.4 Å². The molecule has 256 valence electrons. The molecule has 0 aliphatic carbocycles. The monoisotopic (exact) mass is 684 g/mol. The molecule has 4 aromatic rings. The van der Waals surface area contributed by atoms with E-state index in [0.29, 0.717) is 0 Å². The number of benzene rings is 4. The van der Waals surface area contributed by atoms with Crippen molar-refractivity contribution in [1.29, 1.82) is 0 Å². The lowest BCUT2D eigenvalue weighted by molar-refractivity contribution is -0.334. The van der Waals surface area contributed by atoms with Crippen LogP contribution in [0.2, 0.25) is 10.1 Å². The average molecular weight is 685 g/mol. The summed E-state index contributed by atoms with van der Waals surface area (Å²) in [5, 5.41) is 27.6. The van der Waals surface area contributed by atoms with Crippen LogP contribution in [-0.2, 0) is 18.3 Å². The Labute approximate surface area is 288 Å². The first-order valence-corrected chi connectivity index (χ1v) is 20.7. The molecule has 1 heterocycles. The van der Waals surface area contributed by atoms with Gasteiger partial charge in [0.05, 0.1) is 19.3 Å². The van der Waals surface area contributed by atoms with Crippen molar-refractivity contribution in [3.8, 4) is 0 Å². The van der Waals surface area contributed by atoms with Crippen LogP contribution in [0.1, 0.15) is 41.5 Å². The Hall–Kier alpha value is -2.93. The van der Waals surface area contributed by atoms with Crippen LogP contribution in [0.25, 0.3) is 0 Å². The van der Waals surface area contributed by atoms with Gasteiger partial charge in [-0.2, -0.15) is 0 Å². The van der Waals surface area contributed by atoms with E-state index < -0.39 is 40.5 Å². The maximum atomic E-state index is 11.8. The summed E-state index contributed by atoms with van der Waals surface area (Å²) in [6, 6.07) is 41.5. The van der Waals surface area contributed by atoms with Crippen LogP contribution in [-0.4, -0.2) is 71.8 Å². The first-order valence-electron chi connectivity index (χ1n) is 16.9. The van der Waals surface area contributed by atoms with Gasteiger partial charge in [0.2, 0.25) is 5.79 Å². The van der Waals surface area contributed by atoms with Crippen LogP contribution in [0.15, 0.2) is 121 Å². The SMILES string of the molecule is CO[C@]1(CO[Si](c2ccccc2)(c2ccccc2)C(C)(C)C)OC[C@H](CO[Si](c2ccccc2)(c2ccccc2)C(C)(C)C)[C@@H](O)[C@@H]1O. The lowest BCUT2D eigenvalue weighted by atomic mass is 9.91. The summed E-state index contributed by atoms with van der Waals surface area (Å²) in [4.78, 5) is 0. The Morgan fingerprint density at radius 2 is 0.979 bits per heavy atom. The third-order valence-corrected chi connectivity index (χ3v) is 20.0.